The second-order valence-electron chi connectivity index (χ2n) is 3.83. The quantitative estimate of drug-likeness (QED) is 0.863. The van der Waals surface area contributed by atoms with E-state index in [4.69, 9.17) is 11.6 Å². The molecule has 0 aliphatic heterocycles. The van der Waals surface area contributed by atoms with Crippen molar-refractivity contribution >= 4 is 29.1 Å². The van der Waals surface area contributed by atoms with Crippen LogP contribution < -0.4 is 10.6 Å². The molecule has 5 heteroatoms. The highest BCUT2D eigenvalue weighted by Crippen LogP contribution is 2.18. The molecule has 0 saturated carbocycles. The van der Waals surface area contributed by atoms with Crippen LogP contribution in [0.2, 0.25) is 5.02 Å². The van der Waals surface area contributed by atoms with Crippen molar-refractivity contribution in [3.05, 3.63) is 41.6 Å². The molecule has 0 amide bonds. The molecule has 1 heterocycles. The number of anilines is 3. The Bertz CT molecular complexity index is 516. The van der Waals surface area contributed by atoms with Crippen LogP contribution in [-0.2, 0) is 0 Å². The summed E-state index contributed by atoms with van der Waals surface area (Å²) in [6.45, 7) is 3.01. The molecule has 0 atom stereocenters. The van der Waals surface area contributed by atoms with Crippen LogP contribution in [0.5, 0.6) is 0 Å². The molecule has 0 saturated heterocycles. The molecular weight excluding hydrogens is 248 g/mol. The summed E-state index contributed by atoms with van der Waals surface area (Å²) in [6, 6.07) is 9.30. The van der Waals surface area contributed by atoms with Crippen molar-refractivity contribution in [2.45, 2.75) is 13.3 Å². The standard InChI is InChI=1S/C13H15ClN4/c1-2-7-15-12-6-8-16-13(18-12)17-11-5-3-4-10(14)9-11/h3-6,8-9H,2,7H2,1H3,(H2,15,16,17,18). The van der Waals surface area contributed by atoms with E-state index in [1.165, 1.54) is 0 Å². The molecule has 0 aliphatic rings. The highest BCUT2D eigenvalue weighted by atomic mass is 35.5. The molecule has 2 rings (SSSR count). The predicted octanol–water partition coefficient (Wildman–Crippen LogP) is 3.70. The van der Waals surface area contributed by atoms with Gasteiger partial charge in [0.25, 0.3) is 0 Å². The maximum absolute atomic E-state index is 5.92. The molecular formula is C13H15ClN4. The lowest BCUT2D eigenvalue weighted by Crippen LogP contribution is -2.04. The first-order valence-corrected chi connectivity index (χ1v) is 6.25. The van der Waals surface area contributed by atoms with Crippen LogP contribution in [0, 0.1) is 0 Å². The maximum atomic E-state index is 5.92. The molecule has 0 radical (unpaired) electrons. The van der Waals surface area contributed by atoms with Crippen molar-refractivity contribution in [3.63, 3.8) is 0 Å². The molecule has 2 N–H and O–H groups in total. The number of benzene rings is 1. The normalized spacial score (nSPS) is 10.1. The zero-order valence-corrected chi connectivity index (χ0v) is 10.9. The Balaban J connectivity index is 2.09. The van der Waals surface area contributed by atoms with Crippen molar-refractivity contribution in [3.8, 4) is 0 Å². The largest absolute Gasteiger partial charge is 0.370 e. The number of halogens is 1. The van der Waals surface area contributed by atoms with E-state index in [2.05, 4.69) is 27.5 Å². The minimum Gasteiger partial charge on any atom is -0.370 e. The topological polar surface area (TPSA) is 49.8 Å². The lowest BCUT2D eigenvalue weighted by molar-refractivity contribution is 0.966. The number of rotatable bonds is 5. The first-order chi connectivity index (χ1) is 8.78. The van der Waals surface area contributed by atoms with Crippen LogP contribution in [0.3, 0.4) is 0 Å². The summed E-state index contributed by atoms with van der Waals surface area (Å²) in [6.07, 6.45) is 2.78. The van der Waals surface area contributed by atoms with Gasteiger partial charge in [-0.05, 0) is 30.7 Å². The summed E-state index contributed by atoms with van der Waals surface area (Å²) in [4.78, 5) is 8.53. The fraction of sp³-hybridized carbons (Fsp3) is 0.231. The highest BCUT2D eigenvalue weighted by Gasteiger charge is 2.00. The van der Waals surface area contributed by atoms with E-state index in [0.29, 0.717) is 11.0 Å². The van der Waals surface area contributed by atoms with Crippen LogP contribution in [0.1, 0.15) is 13.3 Å². The highest BCUT2D eigenvalue weighted by molar-refractivity contribution is 6.30. The fourth-order valence-corrected chi connectivity index (χ4v) is 1.66. The van der Waals surface area contributed by atoms with Gasteiger partial charge in [0.15, 0.2) is 0 Å². The number of hydrogen-bond donors (Lipinski definition) is 2. The Kier molecular flexibility index (Phi) is 4.36. The summed E-state index contributed by atoms with van der Waals surface area (Å²) in [5.74, 6) is 1.37. The Morgan fingerprint density at radius 2 is 2.17 bits per heavy atom. The molecule has 1 aromatic heterocycles. The van der Waals surface area contributed by atoms with Gasteiger partial charge in [0.2, 0.25) is 5.95 Å². The maximum Gasteiger partial charge on any atom is 0.229 e. The predicted molar refractivity (Wildman–Crippen MR) is 75.5 cm³/mol. The SMILES string of the molecule is CCCNc1ccnc(Nc2cccc(Cl)c2)n1. The second-order valence-corrected chi connectivity index (χ2v) is 4.26. The van der Waals surface area contributed by atoms with E-state index in [1.807, 2.05) is 30.3 Å². The van der Waals surface area contributed by atoms with Gasteiger partial charge in [-0.15, -0.1) is 0 Å². The molecule has 0 bridgehead atoms. The molecule has 0 aliphatic carbocycles. The van der Waals surface area contributed by atoms with Gasteiger partial charge in [0.1, 0.15) is 5.82 Å². The number of nitrogens with zero attached hydrogens (tertiary/aromatic N) is 2. The van der Waals surface area contributed by atoms with E-state index in [9.17, 15) is 0 Å². The molecule has 94 valence electrons. The minimum absolute atomic E-state index is 0.554. The van der Waals surface area contributed by atoms with Crippen LogP contribution in [0.4, 0.5) is 17.5 Å². The van der Waals surface area contributed by atoms with Gasteiger partial charge in [-0.2, -0.15) is 4.98 Å². The molecule has 2 aromatic rings. The Hall–Kier alpha value is -1.81. The Morgan fingerprint density at radius 3 is 2.94 bits per heavy atom. The van der Waals surface area contributed by atoms with E-state index in [1.54, 1.807) is 6.20 Å². The van der Waals surface area contributed by atoms with E-state index in [-0.39, 0.29) is 0 Å². The van der Waals surface area contributed by atoms with Gasteiger partial charge in [-0.25, -0.2) is 4.98 Å². The summed E-state index contributed by atoms with van der Waals surface area (Å²) in [5.41, 5.74) is 0.871. The van der Waals surface area contributed by atoms with Gasteiger partial charge in [0.05, 0.1) is 0 Å². The van der Waals surface area contributed by atoms with Crippen LogP contribution in [0.25, 0.3) is 0 Å². The monoisotopic (exact) mass is 262 g/mol. The van der Waals surface area contributed by atoms with Gasteiger partial charge >= 0.3 is 0 Å². The van der Waals surface area contributed by atoms with Gasteiger partial charge < -0.3 is 10.6 Å². The summed E-state index contributed by atoms with van der Waals surface area (Å²) in [5, 5.41) is 7.01. The van der Waals surface area contributed by atoms with Crippen molar-refractivity contribution in [1.29, 1.82) is 0 Å². The number of nitrogens with one attached hydrogen (secondary N) is 2. The minimum atomic E-state index is 0.554. The summed E-state index contributed by atoms with van der Waals surface area (Å²) >= 11 is 5.92. The first kappa shape index (κ1) is 12.6. The third kappa shape index (κ3) is 3.60. The zero-order valence-electron chi connectivity index (χ0n) is 10.2. The van der Waals surface area contributed by atoms with Crippen molar-refractivity contribution in [1.82, 2.24) is 9.97 Å². The number of aromatic nitrogens is 2. The van der Waals surface area contributed by atoms with E-state index in [0.717, 1.165) is 24.5 Å². The smallest absolute Gasteiger partial charge is 0.229 e. The van der Waals surface area contributed by atoms with Gasteiger partial charge in [-0.1, -0.05) is 24.6 Å². The fourth-order valence-electron chi connectivity index (χ4n) is 1.47. The first-order valence-electron chi connectivity index (χ1n) is 5.87. The van der Waals surface area contributed by atoms with Crippen LogP contribution in [0.15, 0.2) is 36.5 Å². The van der Waals surface area contributed by atoms with Gasteiger partial charge in [-0.3, -0.25) is 0 Å². The molecule has 18 heavy (non-hydrogen) atoms. The molecule has 4 nitrogen and oxygen atoms in total. The van der Waals surface area contributed by atoms with Crippen LogP contribution >= 0.6 is 11.6 Å². The molecule has 1 aromatic carbocycles. The van der Waals surface area contributed by atoms with E-state index < -0.39 is 0 Å². The third-order valence-corrected chi connectivity index (χ3v) is 2.53. The van der Waals surface area contributed by atoms with Crippen LogP contribution in [-0.4, -0.2) is 16.5 Å². The van der Waals surface area contributed by atoms with Gasteiger partial charge in [0, 0.05) is 23.5 Å². The zero-order chi connectivity index (χ0) is 12.8. The van der Waals surface area contributed by atoms with Crippen molar-refractivity contribution < 1.29 is 0 Å². The lowest BCUT2D eigenvalue weighted by Gasteiger charge is -2.07. The average molecular weight is 263 g/mol. The van der Waals surface area contributed by atoms with E-state index >= 15 is 0 Å². The van der Waals surface area contributed by atoms with Crippen molar-refractivity contribution in [2.24, 2.45) is 0 Å². The average Bonchev–Trinajstić information content (AvgIpc) is 2.37. The summed E-state index contributed by atoms with van der Waals surface area (Å²) in [7, 11) is 0. The second kappa shape index (κ2) is 6.21. The third-order valence-electron chi connectivity index (χ3n) is 2.29. The van der Waals surface area contributed by atoms with Crippen molar-refractivity contribution in [2.75, 3.05) is 17.2 Å². The molecule has 0 unspecified atom stereocenters. The molecule has 0 fully saturated rings. The number of hydrogen-bond acceptors (Lipinski definition) is 4. The molecule has 0 spiro atoms. The Labute approximate surface area is 111 Å². The Morgan fingerprint density at radius 1 is 1.28 bits per heavy atom. The summed E-state index contributed by atoms with van der Waals surface area (Å²) < 4.78 is 0. The lowest BCUT2D eigenvalue weighted by atomic mass is 10.3.